The lowest BCUT2D eigenvalue weighted by molar-refractivity contribution is 0.131. The van der Waals surface area contributed by atoms with Gasteiger partial charge in [-0.15, -0.1) is 0 Å². The summed E-state index contributed by atoms with van der Waals surface area (Å²) in [6, 6.07) is 7.34. The van der Waals surface area contributed by atoms with Gasteiger partial charge in [-0.25, -0.2) is 0 Å². The van der Waals surface area contributed by atoms with Crippen molar-refractivity contribution < 1.29 is 9.84 Å². The van der Waals surface area contributed by atoms with E-state index in [4.69, 9.17) is 9.84 Å². The molecule has 0 saturated heterocycles. The largest absolute Gasteiger partial charge is 0.488 e. The fourth-order valence-corrected chi connectivity index (χ4v) is 1.01. The lowest BCUT2D eigenvalue weighted by atomic mass is 10.2. The van der Waals surface area contributed by atoms with Gasteiger partial charge in [0.15, 0.2) is 0 Å². The zero-order chi connectivity index (χ0) is 9.90. The molecule has 0 aromatic heterocycles. The summed E-state index contributed by atoms with van der Waals surface area (Å²) in [5, 5.41) is 8.78. The Morgan fingerprint density at radius 1 is 1.31 bits per heavy atom. The fourth-order valence-electron chi connectivity index (χ4n) is 1.01. The minimum Gasteiger partial charge on any atom is -0.488 e. The van der Waals surface area contributed by atoms with E-state index in [0.717, 1.165) is 17.9 Å². The second-order valence-corrected chi connectivity index (χ2v) is 3.92. The molecule has 0 saturated carbocycles. The highest BCUT2D eigenvalue weighted by Gasteiger charge is 2.11. The second-order valence-electron chi connectivity index (χ2n) is 3.92. The Hall–Kier alpha value is -1.02. The Bertz CT molecular complexity index is 274. The van der Waals surface area contributed by atoms with Crippen LogP contribution in [-0.2, 0) is 0 Å². The highest BCUT2D eigenvalue weighted by molar-refractivity contribution is 5.31. The van der Waals surface area contributed by atoms with Crippen molar-refractivity contribution in [2.24, 2.45) is 0 Å². The first-order valence-electron chi connectivity index (χ1n) is 4.28. The molecule has 0 spiro atoms. The van der Waals surface area contributed by atoms with Crippen molar-refractivity contribution in [3.05, 3.63) is 36.4 Å². The molecular formula is C11H15O2. The third-order valence-corrected chi connectivity index (χ3v) is 1.43. The van der Waals surface area contributed by atoms with Gasteiger partial charge in [0.25, 0.3) is 0 Å². The summed E-state index contributed by atoms with van der Waals surface area (Å²) in [5.74, 6) is 0.773. The lowest BCUT2D eigenvalue weighted by Crippen LogP contribution is -2.22. The first-order valence-corrected chi connectivity index (χ1v) is 4.28. The molecular weight excluding hydrogens is 164 g/mol. The van der Waals surface area contributed by atoms with Crippen molar-refractivity contribution in [3.8, 4) is 5.75 Å². The van der Waals surface area contributed by atoms with Crippen LogP contribution in [0.15, 0.2) is 24.3 Å². The second kappa shape index (κ2) is 3.79. The van der Waals surface area contributed by atoms with Crippen molar-refractivity contribution in [3.63, 3.8) is 0 Å². The molecule has 0 aliphatic heterocycles. The van der Waals surface area contributed by atoms with Gasteiger partial charge >= 0.3 is 0 Å². The van der Waals surface area contributed by atoms with E-state index in [1.165, 1.54) is 0 Å². The topological polar surface area (TPSA) is 29.5 Å². The minimum absolute atomic E-state index is 0.200. The van der Waals surface area contributed by atoms with Gasteiger partial charge in [-0.3, -0.25) is 0 Å². The Balaban J connectivity index is 2.78. The molecule has 0 aliphatic rings. The number of hydrogen-bond donors (Lipinski definition) is 1. The third kappa shape index (κ3) is 3.47. The first-order chi connectivity index (χ1) is 6.01. The van der Waals surface area contributed by atoms with Crippen LogP contribution >= 0.6 is 0 Å². The van der Waals surface area contributed by atoms with Crippen LogP contribution in [0.2, 0.25) is 0 Å². The van der Waals surface area contributed by atoms with E-state index < -0.39 is 0 Å². The predicted molar refractivity (Wildman–Crippen MR) is 52.2 cm³/mol. The number of aliphatic hydroxyl groups excluding tert-OH is 1. The number of benzene rings is 1. The van der Waals surface area contributed by atoms with Crippen molar-refractivity contribution >= 4 is 0 Å². The van der Waals surface area contributed by atoms with Crippen LogP contribution in [-0.4, -0.2) is 10.7 Å². The lowest BCUT2D eigenvalue weighted by Gasteiger charge is -2.21. The zero-order valence-corrected chi connectivity index (χ0v) is 8.24. The molecule has 13 heavy (non-hydrogen) atoms. The van der Waals surface area contributed by atoms with Crippen LogP contribution in [0.1, 0.15) is 26.3 Å². The van der Waals surface area contributed by atoms with Crippen LogP contribution in [0.4, 0.5) is 0 Å². The number of rotatable bonds is 2. The monoisotopic (exact) mass is 179 g/mol. The van der Waals surface area contributed by atoms with Gasteiger partial charge in [-0.2, -0.15) is 0 Å². The molecule has 0 atom stereocenters. The molecule has 71 valence electrons. The quantitative estimate of drug-likeness (QED) is 0.756. The van der Waals surface area contributed by atoms with E-state index in [1.807, 2.05) is 39.0 Å². The van der Waals surface area contributed by atoms with Gasteiger partial charge in [-0.1, -0.05) is 12.1 Å². The standard InChI is InChI=1S/C11H15O2/c1-11(2,3)13-10-6-4-5-9(7-10)8-12/h4-8,12H,1-3H3. The van der Waals surface area contributed by atoms with E-state index >= 15 is 0 Å². The summed E-state index contributed by atoms with van der Waals surface area (Å²) >= 11 is 0. The van der Waals surface area contributed by atoms with Crippen LogP contribution in [0.5, 0.6) is 5.75 Å². The summed E-state index contributed by atoms with van der Waals surface area (Å²) < 4.78 is 5.61. The van der Waals surface area contributed by atoms with Gasteiger partial charge < -0.3 is 9.84 Å². The van der Waals surface area contributed by atoms with Gasteiger partial charge in [-0.05, 0) is 38.5 Å². The molecule has 0 aliphatic carbocycles. The van der Waals surface area contributed by atoms with E-state index in [9.17, 15) is 0 Å². The van der Waals surface area contributed by atoms with Gasteiger partial charge in [0.1, 0.15) is 18.0 Å². The maximum Gasteiger partial charge on any atom is 0.120 e. The van der Waals surface area contributed by atoms with E-state index in [-0.39, 0.29) is 5.60 Å². The van der Waals surface area contributed by atoms with Crippen LogP contribution < -0.4 is 4.74 Å². The normalized spacial score (nSPS) is 11.4. The maximum absolute atomic E-state index is 8.78. The van der Waals surface area contributed by atoms with E-state index in [1.54, 1.807) is 6.07 Å². The molecule has 0 unspecified atom stereocenters. The minimum atomic E-state index is -0.200. The zero-order valence-electron chi connectivity index (χ0n) is 8.24. The average molecular weight is 179 g/mol. The highest BCUT2D eigenvalue weighted by Crippen LogP contribution is 2.19. The van der Waals surface area contributed by atoms with Crippen LogP contribution in [0.25, 0.3) is 0 Å². The Labute approximate surface area is 79.2 Å². The molecule has 0 heterocycles. The average Bonchev–Trinajstić information content (AvgIpc) is 2.01. The predicted octanol–water partition coefficient (Wildman–Crippen LogP) is 2.75. The van der Waals surface area contributed by atoms with Crippen molar-refractivity contribution in [2.75, 3.05) is 0 Å². The van der Waals surface area contributed by atoms with Gasteiger partial charge in [0.05, 0.1) is 0 Å². The van der Waals surface area contributed by atoms with Crippen LogP contribution in [0, 0.1) is 6.61 Å². The SMILES string of the molecule is CC(C)(C)Oc1cccc([CH]O)c1. The first kappa shape index (κ1) is 10.1. The maximum atomic E-state index is 8.78. The summed E-state index contributed by atoms with van der Waals surface area (Å²) in [6.45, 7) is 7.03. The van der Waals surface area contributed by atoms with Gasteiger partial charge in [0.2, 0.25) is 0 Å². The molecule has 1 aromatic carbocycles. The fraction of sp³-hybridized carbons (Fsp3) is 0.364. The van der Waals surface area contributed by atoms with Crippen molar-refractivity contribution in [1.29, 1.82) is 0 Å². The number of hydrogen-bond acceptors (Lipinski definition) is 2. The third-order valence-electron chi connectivity index (χ3n) is 1.43. The van der Waals surface area contributed by atoms with E-state index in [2.05, 4.69) is 0 Å². The molecule has 0 bridgehead atoms. The number of ether oxygens (including phenoxy) is 1. The summed E-state index contributed by atoms with van der Waals surface area (Å²) in [7, 11) is 0. The summed E-state index contributed by atoms with van der Waals surface area (Å²) in [4.78, 5) is 0. The van der Waals surface area contributed by atoms with Crippen molar-refractivity contribution in [2.45, 2.75) is 26.4 Å². The van der Waals surface area contributed by atoms with Gasteiger partial charge in [0, 0.05) is 0 Å². The highest BCUT2D eigenvalue weighted by atomic mass is 16.5. The number of aliphatic hydroxyl groups is 1. The Kier molecular flexibility index (Phi) is 2.94. The molecule has 2 heteroatoms. The molecule has 1 rings (SSSR count). The Morgan fingerprint density at radius 3 is 2.54 bits per heavy atom. The van der Waals surface area contributed by atoms with E-state index in [0.29, 0.717) is 0 Å². The molecule has 1 N–H and O–H groups in total. The van der Waals surface area contributed by atoms with Crippen LogP contribution in [0.3, 0.4) is 0 Å². The summed E-state index contributed by atoms with van der Waals surface area (Å²) in [6.07, 6.45) is 0. The molecule has 1 aromatic rings. The summed E-state index contributed by atoms with van der Waals surface area (Å²) in [5.41, 5.74) is 0.551. The Morgan fingerprint density at radius 2 is 2.00 bits per heavy atom. The van der Waals surface area contributed by atoms with Crippen molar-refractivity contribution in [1.82, 2.24) is 0 Å². The molecule has 2 nitrogen and oxygen atoms in total. The smallest absolute Gasteiger partial charge is 0.120 e. The molecule has 0 amide bonds. The molecule has 0 fully saturated rings. The molecule has 1 radical (unpaired) electrons.